The molecule has 1 heterocycles. The predicted molar refractivity (Wildman–Crippen MR) is 75.8 cm³/mol. The Kier molecular flexibility index (Phi) is 2.96. The van der Waals surface area contributed by atoms with E-state index in [4.69, 9.17) is 27.9 Å². The average molecular weight is 296 g/mol. The number of methoxy groups -OCH3 is 1. The summed E-state index contributed by atoms with van der Waals surface area (Å²) in [4.78, 5) is 4.37. The molecule has 0 aliphatic carbocycles. The van der Waals surface area contributed by atoms with Crippen molar-refractivity contribution in [2.24, 2.45) is 0 Å². The molecule has 0 aliphatic heterocycles. The maximum atomic E-state index is 13.2. The molecule has 0 atom stereocenters. The van der Waals surface area contributed by atoms with Crippen LogP contribution in [0.25, 0.3) is 21.8 Å². The molecule has 3 aromatic rings. The van der Waals surface area contributed by atoms with Crippen LogP contribution in [0.15, 0.2) is 30.3 Å². The van der Waals surface area contributed by atoms with Crippen LogP contribution in [0.3, 0.4) is 0 Å². The van der Waals surface area contributed by atoms with Crippen LogP contribution in [0.5, 0.6) is 5.75 Å². The van der Waals surface area contributed by atoms with E-state index in [9.17, 15) is 4.39 Å². The molecule has 0 saturated heterocycles. The second-order valence-corrected chi connectivity index (χ2v) is 4.88. The Labute approximate surface area is 118 Å². The molecule has 2 nitrogen and oxygen atoms in total. The summed E-state index contributed by atoms with van der Waals surface area (Å²) in [5.41, 5.74) is 1.17. The maximum absolute atomic E-state index is 13.2. The average Bonchev–Trinajstić information content (AvgIpc) is 2.37. The molecule has 0 bridgehead atoms. The van der Waals surface area contributed by atoms with Crippen LogP contribution in [-0.2, 0) is 0 Å². The van der Waals surface area contributed by atoms with Gasteiger partial charge in [0.2, 0.25) is 0 Å². The van der Waals surface area contributed by atoms with Gasteiger partial charge in [-0.05, 0) is 24.3 Å². The van der Waals surface area contributed by atoms with Crippen LogP contribution in [0.4, 0.5) is 4.39 Å². The van der Waals surface area contributed by atoms with Gasteiger partial charge in [0.05, 0.1) is 28.2 Å². The summed E-state index contributed by atoms with van der Waals surface area (Å²) in [6.45, 7) is 0. The van der Waals surface area contributed by atoms with Crippen LogP contribution in [0, 0.1) is 5.82 Å². The fraction of sp³-hybridized carbons (Fsp3) is 0.0714. The Hall–Kier alpha value is -1.58. The first kappa shape index (κ1) is 12.5. The van der Waals surface area contributed by atoms with E-state index < -0.39 is 0 Å². The summed E-state index contributed by atoms with van der Waals surface area (Å²) in [6, 6.07) is 7.93. The lowest BCUT2D eigenvalue weighted by Crippen LogP contribution is -1.90. The van der Waals surface area contributed by atoms with Gasteiger partial charge in [0, 0.05) is 16.8 Å². The summed E-state index contributed by atoms with van der Waals surface area (Å²) in [6.07, 6.45) is 0. The molecule has 0 unspecified atom stereocenters. The van der Waals surface area contributed by atoms with E-state index in [1.54, 1.807) is 12.1 Å². The van der Waals surface area contributed by atoms with E-state index in [-0.39, 0.29) is 5.82 Å². The minimum absolute atomic E-state index is 0.329. The quantitative estimate of drug-likeness (QED) is 0.599. The van der Waals surface area contributed by atoms with Gasteiger partial charge in [-0.2, -0.15) is 0 Å². The van der Waals surface area contributed by atoms with Gasteiger partial charge in [-0.3, -0.25) is 0 Å². The third-order valence-electron chi connectivity index (χ3n) is 2.93. The number of fused-ring (bicyclic) bond motifs is 2. The third kappa shape index (κ3) is 1.99. The van der Waals surface area contributed by atoms with Crippen molar-refractivity contribution in [3.05, 3.63) is 46.2 Å². The van der Waals surface area contributed by atoms with Gasteiger partial charge in [0.15, 0.2) is 5.75 Å². The molecule has 1 aromatic heterocycles. The summed E-state index contributed by atoms with van der Waals surface area (Å²) >= 11 is 12.3. The normalized spacial score (nSPS) is 11.2. The number of benzene rings is 2. The highest BCUT2D eigenvalue weighted by molar-refractivity contribution is 6.41. The van der Waals surface area contributed by atoms with E-state index in [2.05, 4.69) is 4.98 Å². The molecule has 0 aliphatic rings. The number of hydrogen-bond acceptors (Lipinski definition) is 2. The van der Waals surface area contributed by atoms with Gasteiger partial charge in [-0.25, -0.2) is 9.37 Å². The lowest BCUT2D eigenvalue weighted by atomic mass is 10.1. The molecule has 2 aromatic carbocycles. The van der Waals surface area contributed by atoms with Crippen LogP contribution in [0.2, 0.25) is 10.0 Å². The van der Waals surface area contributed by atoms with E-state index in [0.717, 1.165) is 10.8 Å². The predicted octanol–water partition coefficient (Wildman–Crippen LogP) is 4.84. The minimum atomic E-state index is -0.329. The van der Waals surface area contributed by atoms with Crippen molar-refractivity contribution in [2.45, 2.75) is 0 Å². The molecule has 19 heavy (non-hydrogen) atoms. The van der Waals surface area contributed by atoms with Crippen LogP contribution in [0.1, 0.15) is 0 Å². The fourth-order valence-electron chi connectivity index (χ4n) is 2.04. The second kappa shape index (κ2) is 4.51. The van der Waals surface area contributed by atoms with Crippen molar-refractivity contribution in [3.63, 3.8) is 0 Å². The number of ether oxygens (including phenoxy) is 1. The number of hydrogen-bond donors (Lipinski definition) is 0. The SMILES string of the molecule is COc1c(Cl)cc2nc3cc(F)ccc3cc2c1Cl. The summed E-state index contributed by atoms with van der Waals surface area (Å²) in [5.74, 6) is 0.0872. The first-order valence-electron chi connectivity index (χ1n) is 5.52. The van der Waals surface area contributed by atoms with Gasteiger partial charge < -0.3 is 4.74 Å². The topological polar surface area (TPSA) is 22.1 Å². The van der Waals surface area contributed by atoms with E-state index in [1.807, 2.05) is 6.07 Å². The maximum Gasteiger partial charge on any atom is 0.156 e. The molecular formula is C14H8Cl2FNO. The highest BCUT2D eigenvalue weighted by Crippen LogP contribution is 2.39. The first-order chi connectivity index (χ1) is 9.10. The largest absolute Gasteiger partial charge is 0.494 e. The molecule has 3 rings (SSSR count). The smallest absolute Gasteiger partial charge is 0.156 e. The molecule has 0 N–H and O–H groups in total. The van der Waals surface area contributed by atoms with Gasteiger partial charge in [-0.15, -0.1) is 0 Å². The standard InChI is InChI=1S/C14H8Cl2FNO/c1-19-14-10(15)6-12-9(13(14)16)4-7-2-3-8(17)5-11(7)18-12/h2-6H,1H3. The number of halogens is 3. The van der Waals surface area contributed by atoms with Crippen molar-refractivity contribution < 1.29 is 9.13 Å². The zero-order valence-corrected chi connectivity index (χ0v) is 11.4. The van der Waals surface area contributed by atoms with Crippen molar-refractivity contribution >= 4 is 45.0 Å². The highest BCUT2D eigenvalue weighted by Gasteiger charge is 2.13. The van der Waals surface area contributed by atoms with Gasteiger partial charge in [0.1, 0.15) is 5.82 Å². The molecule has 5 heteroatoms. The molecule has 0 saturated carbocycles. The Morgan fingerprint density at radius 1 is 1.11 bits per heavy atom. The third-order valence-corrected chi connectivity index (χ3v) is 3.59. The van der Waals surface area contributed by atoms with Gasteiger partial charge in [0.25, 0.3) is 0 Å². The van der Waals surface area contributed by atoms with Crippen LogP contribution >= 0.6 is 23.2 Å². The van der Waals surface area contributed by atoms with Gasteiger partial charge in [-0.1, -0.05) is 23.2 Å². The highest BCUT2D eigenvalue weighted by atomic mass is 35.5. The first-order valence-corrected chi connectivity index (χ1v) is 6.28. The van der Waals surface area contributed by atoms with Crippen LogP contribution in [-0.4, -0.2) is 12.1 Å². The van der Waals surface area contributed by atoms with E-state index in [0.29, 0.717) is 26.8 Å². The Morgan fingerprint density at radius 3 is 2.63 bits per heavy atom. The minimum Gasteiger partial charge on any atom is -0.494 e. The second-order valence-electron chi connectivity index (χ2n) is 4.10. The number of rotatable bonds is 1. The molecular weight excluding hydrogens is 288 g/mol. The summed E-state index contributed by atoms with van der Waals surface area (Å²) in [7, 11) is 1.50. The number of nitrogens with zero attached hydrogens (tertiary/aromatic N) is 1. The summed E-state index contributed by atoms with van der Waals surface area (Å²) < 4.78 is 18.4. The Balaban J connectivity index is 2.44. The van der Waals surface area contributed by atoms with E-state index in [1.165, 1.54) is 19.2 Å². The molecule has 0 spiro atoms. The molecule has 0 radical (unpaired) electrons. The van der Waals surface area contributed by atoms with Crippen molar-refractivity contribution in [3.8, 4) is 5.75 Å². The van der Waals surface area contributed by atoms with Crippen molar-refractivity contribution in [1.82, 2.24) is 4.98 Å². The summed E-state index contributed by atoms with van der Waals surface area (Å²) in [5, 5.41) is 2.31. The fourth-order valence-corrected chi connectivity index (χ4v) is 2.69. The lowest BCUT2D eigenvalue weighted by Gasteiger charge is -2.09. The van der Waals surface area contributed by atoms with Crippen LogP contribution < -0.4 is 4.74 Å². The monoisotopic (exact) mass is 295 g/mol. The molecule has 96 valence electrons. The van der Waals surface area contributed by atoms with Crippen molar-refractivity contribution in [1.29, 1.82) is 0 Å². The lowest BCUT2D eigenvalue weighted by molar-refractivity contribution is 0.416. The number of aromatic nitrogens is 1. The Bertz CT molecular complexity index is 804. The molecule has 0 amide bonds. The van der Waals surface area contributed by atoms with Crippen molar-refractivity contribution in [2.75, 3.05) is 7.11 Å². The zero-order chi connectivity index (χ0) is 13.6. The zero-order valence-electron chi connectivity index (χ0n) is 9.88. The van der Waals surface area contributed by atoms with Gasteiger partial charge >= 0.3 is 0 Å². The Morgan fingerprint density at radius 2 is 1.89 bits per heavy atom. The number of pyridine rings is 1. The molecule has 0 fully saturated rings. The van der Waals surface area contributed by atoms with E-state index >= 15 is 0 Å².